The van der Waals surface area contributed by atoms with Gasteiger partial charge in [0.05, 0.1) is 6.54 Å². The smallest absolute Gasteiger partial charge is 0.239 e. The van der Waals surface area contributed by atoms with Crippen molar-refractivity contribution < 1.29 is 9.18 Å². The summed E-state index contributed by atoms with van der Waals surface area (Å²) < 4.78 is 13.5. The zero-order valence-electron chi connectivity index (χ0n) is 10.6. The minimum Gasteiger partial charge on any atom is -0.375 e. The first-order valence-electron chi connectivity index (χ1n) is 6.01. The highest BCUT2D eigenvalue weighted by Crippen LogP contribution is 2.22. The van der Waals surface area contributed by atoms with Gasteiger partial charge < -0.3 is 10.6 Å². The van der Waals surface area contributed by atoms with E-state index < -0.39 is 0 Å². The van der Waals surface area contributed by atoms with Crippen LogP contribution in [0.25, 0.3) is 0 Å². The molecule has 0 aliphatic heterocycles. The van der Waals surface area contributed by atoms with Crippen LogP contribution in [0.4, 0.5) is 10.1 Å². The number of anilines is 1. The summed E-state index contributed by atoms with van der Waals surface area (Å²) in [6, 6.07) is 4.49. The van der Waals surface area contributed by atoms with Crippen molar-refractivity contribution in [3.05, 3.63) is 28.5 Å². The molecule has 0 aromatic heterocycles. The molecule has 2 N–H and O–H groups in total. The summed E-state index contributed by atoms with van der Waals surface area (Å²) in [6.07, 6.45) is 2.00. The van der Waals surface area contributed by atoms with Crippen molar-refractivity contribution in [2.24, 2.45) is 0 Å². The van der Waals surface area contributed by atoms with Crippen LogP contribution in [0.5, 0.6) is 0 Å². The standard InChI is InChI=1S/C13H18BrFN2O/c1-3-4-9(2)17-13(18)8-16-12-6-5-10(15)7-11(12)14/h5-7,9,16H,3-4,8H2,1-2H3,(H,17,18). The van der Waals surface area contributed by atoms with Crippen molar-refractivity contribution in [1.82, 2.24) is 5.32 Å². The molecule has 1 amide bonds. The molecule has 0 aliphatic rings. The van der Waals surface area contributed by atoms with Crippen molar-refractivity contribution in [3.63, 3.8) is 0 Å². The number of amides is 1. The molecule has 0 saturated heterocycles. The maximum Gasteiger partial charge on any atom is 0.239 e. The molecule has 1 unspecified atom stereocenters. The third-order valence-corrected chi connectivity index (χ3v) is 3.16. The lowest BCUT2D eigenvalue weighted by Crippen LogP contribution is -2.36. The molecule has 0 aliphatic carbocycles. The number of hydrogen-bond acceptors (Lipinski definition) is 2. The summed E-state index contributed by atoms with van der Waals surface area (Å²) in [4.78, 5) is 11.6. The predicted octanol–water partition coefficient (Wildman–Crippen LogP) is 3.30. The lowest BCUT2D eigenvalue weighted by molar-refractivity contribution is -0.120. The summed E-state index contributed by atoms with van der Waals surface area (Å²) in [6.45, 7) is 4.24. The fraction of sp³-hybridized carbons (Fsp3) is 0.462. The van der Waals surface area contributed by atoms with E-state index in [0.717, 1.165) is 12.8 Å². The molecule has 0 bridgehead atoms. The molecule has 100 valence electrons. The van der Waals surface area contributed by atoms with E-state index in [2.05, 4.69) is 33.5 Å². The Labute approximate surface area is 115 Å². The molecule has 0 saturated carbocycles. The van der Waals surface area contributed by atoms with Crippen LogP contribution in [0.15, 0.2) is 22.7 Å². The molecule has 3 nitrogen and oxygen atoms in total. The number of hydrogen-bond donors (Lipinski definition) is 2. The van der Waals surface area contributed by atoms with E-state index in [9.17, 15) is 9.18 Å². The normalized spacial score (nSPS) is 12.0. The Hall–Kier alpha value is -1.10. The topological polar surface area (TPSA) is 41.1 Å². The van der Waals surface area contributed by atoms with Gasteiger partial charge in [-0.25, -0.2) is 4.39 Å². The van der Waals surface area contributed by atoms with E-state index >= 15 is 0 Å². The number of rotatable bonds is 6. The summed E-state index contributed by atoms with van der Waals surface area (Å²) in [5.74, 6) is -0.374. The Morgan fingerprint density at radius 3 is 2.83 bits per heavy atom. The summed E-state index contributed by atoms with van der Waals surface area (Å²) >= 11 is 3.24. The quantitative estimate of drug-likeness (QED) is 0.845. The SMILES string of the molecule is CCCC(C)NC(=O)CNc1ccc(F)cc1Br. The van der Waals surface area contributed by atoms with E-state index in [1.807, 2.05) is 6.92 Å². The molecule has 1 aromatic carbocycles. The minimum absolute atomic E-state index is 0.0628. The first-order chi connectivity index (χ1) is 8.52. The van der Waals surface area contributed by atoms with Gasteiger partial charge in [-0.15, -0.1) is 0 Å². The summed E-state index contributed by atoms with van der Waals surface area (Å²) in [5.41, 5.74) is 0.703. The number of nitrogens with one attached hydrogen (secondary N) is 2. The third-order valence-electron chi connectivity index (χ3n) is 2.50. The molecule has 0 radical (unpaired) electrons. The number of carbonyl (C=O) groups excluding carboxylic acids is 1. The highest BCUT2D eigenvalue weighted by Gasteiger charge is 2.07. The van der Waals surface area contributed by atoms with Crippen molar-refractivity contribution in [3.8, 4) is 0 Å². The van der Waals surface area contributed by atoms with Crippen LogP contribution in [0, 0.1) is 5.82 Å². The van der Waals surface area contributed by atoms with Gasteiger partial charge in [-0.3, -0.25) is 4.79 Å². The molecule has 1 atom stereocenters. The van der Waals surface area contributed by atoms with Crippen molar-refractivity contribution in [2.45, 2.75) is 32.7 Å². The second kappa shape index (κ2) is 7.36. The average Bonchev–Trinajstić information content (AvgIpc) is 2.28. The highest BCUT2D eigenvalue weighted by molar-refractivity contribution is 9.10. The van der Waals surface area contributed by atoms with Crippen LogP contribution in [0.1, 0.15) is 26.7 Å². The summed E-state index contributed by atoms with van der Waals surface area (Å²) in [7, 11) is 0. The summed E-state index contributed by atoms with van der Waals surface area (Å²) in [5, 5.41) is 5.85. The van der Waals surface area contributed by atoms with E-state index in [0.29, 0.717) is 10.2 Å². The number of halogens is 2. The predicted molar refractivity (Wildman–Crippen MR) is 75.1 cm³/mol. The lowest BCUT2D eigenvalue weighted by atomic mass is 10.2. The van der Waals surface area contributed by atoms with Crippen LogP contribution in [-0.4, -0.2) is 18.5 Å². The van der Waals surface area contributed by atoms with Gasteiger partial charge >= 0.3 is 0 Å². The Bertz CT molecular complexity index is 412. The van der Waals surface area contributed by atoms with Gasteiger partial charge in [-0.2, -0.15) is 0 Å². The van der Waals surface area contributed by atoms with Crippen LogP contribution >= 0.6 is 15.9 Å². The van der Waals surface area contributed by atoms with E-state index in [4.69, 9.17) is 0 Å². The van der Waals surface area contributed by atoms with Crippen LogP contribution < -0.4 is 10.6 Å². The second-order valence-corrected chi connectivity index (χ2v) is 5.09. The molecule has 0 spiro atoms. The highest BCUT2D eigenvalue weighted by atomic mass is 79.9. The number of benzene rings is 1. The Kier molecular flexibility index (Phi) is 6.12. The fourth-order valence-corrected chi connectivity index (χ4v) is 2.13. The maximum atomic E-state index is 12.9. The molecular weight excluding hydrogens is 299 g/mol. The van der Waals surface area contributed by atoms with E-state index in [1.165, 1.54) is 12.1 Å². The molecule has 5 heteroatoms. The number of carbonyl (C=O) groups is 1. The van der Waals surface area contributed by atoms with E-state index in [1.54, 1.807) is 6.07 Å². The maximum absolute atomic E-state index is 12.9. The zero-order chi connectivity index (χ0) is 13.5. The molecular formula is C13H18BrFN2O. The Morgan fingerprint density at radius 2 is 2.22 bits per heavy atom. The minimum atomic E-state index is -0.312. The van der Waals surface area contributed by atoms with Crippen molar-refractivity contribution >= 4 is 27.5 Å². The second-order valence-electron chi connectivity index (χ2n) is 4.23. The Balaban J connectivity index is 2.42. The lowest BCUT2D eigenvalue weighted by Gasteiger charge is -2.14. The van der Waals surface area contributed by atoms with Gasteiger partial charge in [-0.1, -0.05) is 13.3 Å². The van der Waals surface area contributed by atoms with Gasteiger partial charge in [0.25, 0.3) is 0 Å². The van der Waals surface area contributed by atoms with Gasteiger partial charge in [-0.05, 0) is 47.5 Å². The van der Waals surface area contributed by atoms with Gasteiger partial charge in [0.2, 0.25) is 5.91 Å². The first kappa shape index (κ1) is 15.0. The Morgan fingerprint density at radius 1 is 1.50 bits per heavy atom. The van der Waals surface area contributed by atoms with Gasteiger partial charge in [0.1, 0.15) is 5.82 Å². The van der Waals surface area contributed by atoms with Crippen LogP contribution in [0.3, 0.4) is 0 Å². The molecule has 0 heterocycles. The molecule has 18 heavy (non-hydrogen) atoms. The van der Waals surface area contributed by atoms with E-state index in [-0.39, 0.29) is 24.3 Å². The largest absolute Gasteiger partial charge is 0.375 e. The molecule has 1 aromatic rings. The van der Waals surface area contributed by atoms with Crippen LogP contribution in [0.2, 0.25) is 0 Å². The zero-order valence-corrected chi connectivity index (χ0v) is 12.2. The average molecular weight is 317 g/mol. The van der Waals surface area contributed by atoms with Crippen LogP contribution in [-0.2, 0) is 4.79 Å². The van der Waals surface area contributed by atoms with Gasteiger partial charge in [0, 0.05) is 16.2 Å². The van der Waals surface area contributed by atoms with Crippen molar-refractivity contribution in [1.29, 1.82) is 0 Å². The third kappa shape index (κ3) is 5.04. The fourth-order valence-electron chi connectivity index (χ4n) is 1.64. The van der Waals surface area contributed by atoms with Crippen molar-refractivity contribution in [2.75, 3.05) is 11.9 Å². The first-order valence-corrected chi connectivity index (χ1v) is 6.80. The monoisotopic (exact) mass is 316 g/mol. The van der Waals surface area contributed by atoms with Gasteiger partial charge in [0.15, 0.2) is 0 Å². The molecule has 1 rings (SSSR count). The molecule has 0 fully saturated rings.